The Kier molecular flexibility index (Phi) is 5.41. The van der Waals surface area contributed by atoms with Crippen molar-refractivity contribution in [2.75, 3.05) is 14.2 Å². The predicted molar refractivity (Wildman–Crippen MR) is 80.0 cm³/mol. The summed E-state index contributed by atoms with van der Waals surface area (Å²) in [6.07, 6.45) is 1.18. The van der Waals surface area contributed by atoms with Gasteiger partial charge in [0.05, 0.1) is 14.2 Å². The molecule has 0 aliphatic heterocycles. The van der Waals surface area contributed by atoms with Gasteiger partial charge in [0.15, 0.2) is 0 Å². The van der Waals surface area contributed by atoms with Crippen LogP contribution in [0.15, 0.2) is 16.6 Å². The van der Waals surface area contributed by atoms with E-state index in [1.54, 1.807) is 14.2 Å². The lowest BCUT2D eigenvalue weighted by molar-refractivity contribution is -0.126. The highest BCUT2D eigenvalue weighted by atomic mass is 79.9. The van der Waals surface area contributed by atoms with Crippen molar-refractivity contribution >= 4 is 21.7 Å². The summed E-state index contributed by atoms with van der Waals surface area (Å²) in [5.74, 6) is 1.71. The summed E-state index contributed by atoms with van der Waals surface area (Å²) in [4.78, 5) is 12.0. The molecule has 0 aromatic heterocycles. The van der Waals surface area contributed by atoms with Gasteiger partial charge in [0.1, 0.15) is 21.8 Å². The van der Waals surface area contributed by atoms with E-state index in [0.29, 0.717) is 12.8 Å². The number of methoxy groups -OCH3 is 2. The van der Waals surface area contributed by atoms with Crippen LogP contribution in [-0.4, -0.2) is 20.0 Å². The van der Waals surface area contributed by atoms with Crippen LogP contribution in [0.2, 0.25) is 0 Å². The lowest BCUT2D eigenvalue weighted by Gasteiger charge is -2.17. The number of halogens is 1. The van der Waals surface area contributed by atoms with Gasteiger partial charge in [-0.2, -0.15) is 0 Å². The second-order valence-electron chi connectivity index (χ2n) is 5.45. The highest BCUT2D eigenvalue weighted by molar-refractivity contribution is 9.10. The highest BCUT2D eigenvalue weighted by Crippen LogP contribution is 2.37. The van der Waals surface area contributed by atoms with Crippen LogP contribution >= 0.6 is 15.9 Å². The van der Waals surface area contributed by atoms with Gasteiger partial charge in [-0.05, 0) is 34.0 Å². The van der Waals surface area contributed by atoms with Gasteiger partial charge in [0.2, 0.25) is 0 Å². The first-order chi connectivity index (χ1) is 8.81. The molecule has 0 radical (unpaired) electrons. The molecular weight excluding hydrogens is 308 g/mol. The first kappa shape index (κ1) is 16.0. The number of carbonyl (C=O) groups excluding carboxylic acids is 1. The lowest BCUT2D eigenvalue weighted by atomic mass is 9.87. The van der Waals surface area contributed by atoms with Gasteiger partial charge >= 0.3 is 0 Å². The van der Waals surface area contributed by atoms with Crippen molar-refractivity contribution in [3.8, 4) is 11.5 Å². The number of hydrogen-bond acceptors (Lipinski definition) is 3. The summed E-state index contributed by atoms with van der Waals surface area (Å²) in [6, 6.07) is 3.82. The number of ketones is 1. The molecule has 1 aromatic rings. The van der Waals surface area contributed by atoms with E-state index in [2.05, 4.69) is 15.9 Å². The highest BCUT2D eigenvalue weighted by Gasteiger charge is 2.21. The molecule has 0 fully saturated rings. The number of benzene rings is 1. The summed E-state index contributed by atoms with van der Waals surface area (Å²) in [5.41, 5.74) is 0.712. The number of rotatable bonds is 5. The van der Waals surface area contributed by atoms with Crippen LogP contribution < -0.4 is 9.47 Å². The van der Waals surface area contributed by atoms with Gasteiger partial charge in [-0.3, -0.25) is 4.79 Å². The summed E-state index contributed by atoms with van der Waals surface area (Å²) in [5, 5.41) is 0. The maximum atomic E-state index is 12.0. The molecule has 0 N–H and O–H groups in total. The minimum atomic E-state index is -0.295. The van der Waals surface area contributed by atoms with Crippen LogP contribution in [0.5, 0.6) is 11.5 Å². The SMILES string of the molecule is COc1ccc(CCC(=O)C(C)(C)C)c(OC)c1Br. The molecule has 0 saturated carbocycles. The average Bonchev–Trinajstić information content (AvgIpc) is 2.34. The van der Waals surface area contributed by atoms with Crippen LogP contribution in [0.3, 0.4) is 0 Å². The monoisotopic (exact) mass is 328 g/mol. The topological polar surface area (TPSA) is 35.5 Å². The van der Waals surface area contributed by atoms with Crippen molar-refractivity contribution in [1.82, 2.24) is 0 Å². The largest absolute Gasteiger partial charge is 0.495 e. The molecule has 1 aromatic carbocycles. The molecule has 0 heterocycles. The first-order valence-corrected chi connectivity index (χ1v) is 7.03. The zero-order valence-corrected chi connectivity index (χ0v) is 13.8. The molecule has 4 heteroatoms. The van der Waals surface area contributed by atoms with Crippen molar-refractivity contribution in [2.45, 2.75) is 33.6 Å². The molecule has 106 valence electrons. The Morgan fingerprint density at radius 3 is 2.32 bits per heavy atom. The summed E-state index contributed by atoms with van der Waals surface area (Å²) in [7, 11) is 3.23. The van der Waals surface area contributed by atoms with Crippen molar-refractivity contribution in [3.63, 3.8) is 0 Å². The van der Waals surface area contributed by atoms with Gasteiger partial charge in [0.25, 0.3) is 0 Å². The van der Waals surface area contributed by atoms with E-state index in [0.717, 1.165) is 21.5 Å². The van der Waals surface area contributed by atoms with E-state index in [1.807, 2.05) is 32.9 Å². The fourth-order valence-corrected chi connectivity index (χ4v) is 2.49. The van der Waals surface area contributed by atoms with Crippen LogP contribution in [-0.2, 0) is 11.2 Å². The Balaban J connectivity index is 2.91. The van der Waals surface area contributed by atoms with E-state index >= 15 is 0 Å². The maximum Gasteiger partial charge on any atom is 0.140 e. The van der Waals surface area contributed by atoms with Crippen LogP contribution in [0.25, 0.3) is 0 Å². The summed E-state index contributed by atoms with van der Waals surface area (Å²) in [6.45, 7) is 5.82. The molecule has 0 aliphatic carbocycles. The maximum absolute atomic E-state index is 12.0. The molecule has 1 rings (SSSR count). The molecule has 0 saturated heterocycles. The Labute approximate surface area is 123 Å². The van der Waals surface area contributed by atoms with Gasteiger partial charge in [-0.15, -0.1) is 0 Å². The van der Waals surface area contributed by atoms with Gasteiger partial charge in [0, 0.05) is 11.8 Å². The third kappa shape index (κ3) is 3.96. The number of aryl methyl sites for hydroxylation is 1. The fraction of sp³-hybridized carbons (Fsp3) is 0.533. The summed E-state index contributed by atoms with van der Waals surface area (Å²) >= 11 is 3.46. The second kappa shape index (κ2) is 6.42. The minimum absolute atomic E-state index is 0.251. The summed E-state index contributed by atoms with van der Waals surface area (Å²) < 4.78 is 11.4. The lowest BCUT2D eigenvalue weighted by Crippen LogP contribution is -2.20. The zero-order valence-electron chi connectivity index (χ0n) is 12.2. The average molecular weight is 329 g/mol. The number of Topliss-reactive ketones (excluding diaryl/α,β-unsaturated/α-hetero) is 1. The Morgan fingerprint density at radius 2 is 1.84 bits per heavy atom. The van der Waals surface area contributed by atoms with Gasteiger partial charge < -0.3 is 9.47 Å². The standard InChI is InChI=1S/C15H21BrO3/c1-15(2,3)12(17)9-7-10-6-8-11(18-4)13(16)14(10)19-5/h6,8H,7,9H2,1-5H3. The van der Waals surface area contributed by atoms with Gasteiger partial charge in [-0.25, -0.2) is 0 Å². The number of ether oxygens (including phenoxy) is 2. The van der Waals surface area contributed by atoms with Gasteiger partial charge in [-0.1, -0.05) is 26.8 Å². The van der Waals surface area contributed by atoms with E-state index in [-0.39, 0.29) is 11.2 Å². The van der Waals surface area contributed by atoms with Crippen LogP contribution in [0.1, 0.15) is 32.8 Å². The zero-order chi connectivity index (χ0) is 14.6. The van der Waals surface area contributed by atoms with E-state index < -0.39 is 0 Å². The molecule has 0 amide bonds. The molecule has 3 nitrogen and oxygen atoms in total. The molecular formula is C15H21BrO3. The van der Waals surface area contributed by atoms with Crippen LogP contribution in [0.4, 0.5) is 0 Å². The first-order valence-electron chi connectivity index (χ1n) is 6.24. The van der Waals surface area contributed by atoms with Crippen molar-refractivity contribution < 1.29 is 14.3 Å². The third-order valence-electron chi connectivity index (χ3n) is 3.03. The molecule has 19 heavy (non-hydrogen) atoms. The molecule has 0 atom stereocenters. The smallest absolute Gasteiger partial charge is 0.140 e. The molecule has 0 bridgehead atoms. The predicted octanol–water partition coefficient (Wildman–Crippen LogP) is 4.01. The Morgan fingerprint density at radius 1 is 1.21 bits per heavy atom. The van der Waals surface area contributed by atoms with E-state index in [9.17, 15) is 4.79 Å². The molecule has 0 spiro atoms. The fourth-order valence-electron chi connectivity index (χ4n) is 1.78. The number of carbonyl (C=O) groups is 1. The Hall–Kier alpha value is -1.03. The molecule has 0 aliphatic rings. The second-order valence-corrected chi connectivity index (χ2v) is 6.24. The quantitative estimate of drug-likeness (QED) is 0.819. The number of hydrogen-bond donors (Lipinski definition) is 0. The molecule has 0 unspecified atom stereocenters. The van der Waals surface area contributed by atoms with Crippen LogP contribution in [0, 0.1) is 5.41 Å². The van der Waals surface area contributed by atoms with E-state index in [1.165, 1.54) is 0 Å². The van der Waals surface area contributed by atoms with Crippen molar-refractivity contribution in [2.24, 2.45) is 5.41 Å². The minimum Gasteiger partial charge on any atom is -0.495 e. The Bertz CT molecular complexity index is 461. The third-order valence-corrected chi connectivity index (χ3v) is 3.78. The van der Waals surface area contributed by atoms with E-state index in [4.69, 9.17) is 9.47 Å². The van der Waals surface area contributed by atoms with Crippen molar-refractivity contribution in [1.29, 1.82) is 0 Å². The normalized spacial score (nSPS) is 11.3. The van der Waals surface area contributed by atoms with Crippen molar-refractivity contribution in [3.05, 3.63) is 22.2 Å².